The average molecular weight is 337 g/mol. The number of nitrogens with zero attached hydrogens (tertiary/aromatic N) is 1. The molecule has 0 radical (unpaired) electrons. The Bertz CT molecular complexity index is 679. The summed E-state index contributed by atoms with van der Waals surface area (Å²) in [7, 11) is 0. The number of likely N-dealkylation sites (tertiary alicyclic amines) is 1. The summed E-state index contributed by atoms with van der Waals surface area (Å²) in [6, 6.07) is 19.2. The largest absolute Gasteiger partial charge is 0.378 e. The van der Waals surface area contributed by atoms with E-state index in [1.54, 1.807) is 0 Å². The van der Waals surface area contributed by atoms with Crippen LogP contribution in [-0.2, 0) is 10.4 Å². The third-order valence-corrected chi connectivity index (χ3v) is 5.07. The summed E-state index contributed by atoms with van der Waals surface area (Å²) < 4.78 is 0. The first-order chi connectivity index (χ1) is 11.8. The van der Waals surface area contributed by atoms with Gasteiger partial charge in [0, 0.05) is 12.0 Å². The number of carbonyl (C=O) groups is 1. The van der Waals surface area contributed by atoms with Crippen molar-refractivity contribution in [1.82, 2.24) is 4.90 Å². The van der Waals surface area contributed by atoms with Gasteiger partial charge in [0.25, 0.3) is 0 Å². The zero-order valence-corrected chi connectivity index (χ0v) is 15.3. The van der Waals surface area contributed by atoms with Crippen LogP contribution in [0.3, 0.4) is 0 Å². The number of rotatable bonds is 3. The molecule has 1 saturated heterocycles. The maximum atomic E-state index is 13.0. The van der Waals surface area contributed by atoms with E-state index in [-0.39, 0.29) is 11.9 Å². The molecule has 0 aromatic heterocycles. The molecule has 1 aliphatic heterocycles. The van der Waals surface area contributed by atoms with Gasteiger partial charge >= 0.3 is 0 Å². The fourth-order valence-electron chi connectivity index (χ4n) is 3.81. The zero-order valence-electron chi connectivity index (χ0n) is 15.3. The number of benzene rings is 2. The highest BCUT2D eigenvalue weighted by molar-refractivity contribution is 5.82. The molecule has 1 fully saturated rings. The maximum absolute atomic E-state index is 13.0. The Kier molecular flexibility index (Phi) is 4.70. The van der Waals surface area contributed by atoms with Crippen molar-refractivity contribution in [2.24, 2.45) is 5.41 Å². The van der Waals surface area contributed by atoms with E-state index in [1.165, 1.54) is 0 Å². The predicted molar refractivity (Wildman–Crippen MR) is 100 cm³/mol. The number of hydrogen-bond donors (Lipinski definition) is 1. The number of aliphatic hydroxyl groups is 1. The summed E-state index contributed by atoms with van der Waals surface area (Å²) in [5.74, 6) is 0.0975. The lowest BCUT2D eigenvalue weighted by atomic mass is 9.78. The smallest absolute Gasteiger partial charge is 0.228 e. The highest BCUT2D eigenvalue weighted by Crippen LogP contribution is 2.41. The monoisotopic (exact) mass is 337 g/mol. The van der Waals surface area contributed by atoms with Crippen molar-refractivity contribution in [3.05, 3.63) is 71.8 Å². The van der Waals surface area contributed by atoms with E-state index in [4.69, 9.17) is 0 Å². The van der Waals surface area contributed by atoms with Crippen LogP contribution in [0.25, 0.3) is 0 Å². The highest BCUT2D eigenvalue weighted by Gasteiger charge is 2.48. The van der Waals surface area contributed by atoms with Crippen LogP contribution < -0.4 is 0 Å². The number of hydrogen-bond acceptors (Lipinski definition) is 2. The normalized spacial score (nSPS) is 18.4. The summed E-state index contributed by atoms with van der Waals surface area (Å²) in [5.41, 5.74) is -0.00352. The van der Waals surface area contributed by atoms with Gasteiger partial charge in [-0.05, 0) is 24.0 Å². The second-order valence-corrected chi connectivity index (χ2v) is 7.91. The summed E-state index contributed by atoms with van der Waals surface area (Å²) in [4.78, 5) is 14.9. The Hall–Kier alpha value is -2.13. The summed E-state index contributed by atoms with van der Waals surface area (Å²) in [5, 5.41) is 11.9. The molecule has 132 valence electrons. The quantitative estimate of drug-likeness (QED) is 0.921. The Balaban J connectivity index is 2.11. The van der Waals surface area contributed by atoms with Gasteiger partial charge in [-0.2, -0.15) is 0 Å². The second-order valence-electron chi connectivity index (χ2n) is 7.91. The van der Waals surface area contributed by atoms with Crippen LogP contribution in [0.1, 0.15) is 44.7 Å². The fourth-order valence-corrected chi connectivity index (χ4v) is 3.81. The molecule has 0 spiro atoms. The van der Waals surface area contributed by atoms with Crippen LogP contribution in [0.15, 0.2) is 60.7 Å². The lowest BCUT2D eigenvalue weighted by molar-refractivity contribution is -0.145. The van der Waals surface area contributed by atoms with E-state index in [1.807, 2.05) is 86.3 Å². The molecular formula is C22H27NO2. The molecule has 1 amide bonds. The van der Waals surface area contributed by atoms with Crippen LogP contribution >= 0.6 is 0 Å². The van der Waals surface area contributed by atoms with Gasteiger partial charge in [0.1, 0.15) is 5.60 Å². The Morgan fingerprint density at radius 2 is 1.44 bits per heavy atom. The van der Waals surface area contributed by atoms with Gasteiger partial charge in [-0.3, -0.25) is 4.79 Å². The predicted octanol–water partition coefficient (Wildman–Crippen LogP) is 3.96. The van der Waals surface area contributed by atoms with Crippen molar-refractivity contribution in [2.75, 3.05) is 6.54 Å². The SMILES string of the molecule is CC(C)(C)C(=O)N1CCC[C@H]1C(O)(c1ccccc1)c1ccccc1. The van der Waals surface area contributed by atoms with Gasteiger partial charge in [0.2, 0.25) is 5.91 Å². The van der Waals surface area contributed by atoms with Crippen molar-refractivity contribution in [1.29, 1.82) is 0 Å². The van der Waals surface area contributed by atoms with Crippen LogP contribution in [0.4, 0.5) is 0 Å². The first-order valence-electron chi connectivity index (χ1n) is 8.99. The van der Waals surface area contributed by atoms with Crippen molar-refractivity contribution in [3.8, 4) is 0 Å². The van der Waals surface area contributed by atoms with Gasteiger partial charge in [-0.15, -0.1) is 0 Å². The molecular weight excluding hydrogens is 310 g/mol. The molecule has 0 unspecified atom stereocenters. The van der Waals surface area contributed by atoms with Crippen LogP contribution in [-0.4, -0.2) is 28.5 Å². The zero-order chi connectivity index (χ0) is 18.1. The molecule has 1 aliphatic rings. The molecule has 1 atom stereocenters. The molecule has 0 bridgehead atoms. The third kappa shape index (κ3) is 3.21. The van der Waals surface area contributed by atoms with Gasteiger partial charge < -0.3 is 10.0 Å². The van der Waals surface area contributed by atoms with E-state index >= 15 is 0 Å². The first-order valence-corrected chi connectivity index (χ1v) is 8.99. The van der Waals surface area contributed by atoms with Gasteiger partial charge in [-0.25, -0.2) is 0 Å². The summed E-state index contributed by atoms with van der Waals surface area (Å²) in [6.45, 7) is 6.52. The second kappa shape index (κ2) is 6.64. The molecule has 3 rings (SSSR count). The molecule has 25 heavy (non-hydrogen) atoms. The number of amides is 1. The van der Waals surface area contributed by atoms with Crippen molar-refractivity contribution < 1.29 is 9.90 Å². The van der Waals surface area contributed by atoms with Crippen LogP contribution in [0.5, 0.6) is 0 Å². The third-order valence-electron chi connectivity index (χ3n) is 5.07. The molecule has 1 N–H and O–H groups in total. The van der Waals surface area contributed by atoms with Crippen molar-refractivity contribution >= 4 is 5.91 Å². The molecule has 0 saturated carbocycles. The number of carbonyl (C=O) groups excluding carboxylic acids is 1. The first kappa shape index (κ1) is 17.7. The minimum atomic E-state index is -1.21. The average Bonchev–Trinajstić information content (AvgIpc) is 3.11. The lowest BCUT2D eigenvalue weighted by Crippen LogP contribution is -2.53. The van der Waals surface area contributed by atoms with E-state index in [2.05, 4.69) is 0 Å². The van der Waals surface area contributed by atoms with Crippen molar-refractivity contribution in [2.45, 2.75) is 45.3 Å². The van der Waals surface area contributed by atoms with E-state index in [0.29, 0.717) is 6.54 Å². The van der Waals surface area contributed by atoms with Crippen LogP contribution in [0, 0.1) is 5.41 Å². The highest BCUT2D eigenvalue weighted by atomic mass is 16.3. The minimum absolute atomic E-state index is 0.0975. The molecule has 2 aromatic carbocycles. The van der Waals surface area contributed by atoms with E-state index < -0.39 is 11.0 Å². The summed E-state index contributed by atoms with van der Waals surface area (Å²) >= 11 is 0. The fraction of sp³-hybridized carbons (Fsp3) is 0.409. The van der Waals surface area contributed by atoms with Gasteiger partial charge in [0.15, 0.2) is 0 Å². The summed E-state index contributed by atoms with van der Waals surface area (Å²) in [6.07, 6.45) is 1.70. The Morgan fingerprint density at radius 3 is 1.88 bits per heavy atom. The molecule has 3 nitrogen and oxygen atoms in total. The van der Waals surface area contributed by atoms with Crippen LogP contribution in [0.2, 0.25) is 0 Å². The molecule has 2 aromatic rings. The van der Waals surface area contributed by atoms with Gasteiger partial charge in [-0.1, -0.05) is 81.4 Å². The van der Waals surface area contributed by atoms with Gasteiger partial charge in [0.05, 0.1) is 6.04 Å². The van der Waals surface area contributed by atoms with Crippen molar-refractivity contribution in [3.63, 3.8) is 0 Å². The molecule has 0 aliphatic carbocycles. The lowest BCUT2D eigenvalue weighted by Gasteiger charge is -2.42. The molecule has 3 heteroatoms. The standard InChI is InChI=1S/C22H27NO2/c1-21(2,3)20(24)23-16-10-15-19(23)22(25,17-11-6-4-7-12-17)18-13-8-5-9-14-18/h4-9,11-14,19,25H,10,15-16H2,1-3H3/t19-/m0/s1. The minimum Gasteiger partial charge on any atom is -0.378 e. The topological polar surface area (TPSA) is 40.5 Å². The van der Waals surface area contributed by atoms with E-state index in [0.717, 1.165) is 24.0 Å². The Morgan fingerprint density at radius 1 is 0.960 bits per heavy atom. The molecule has 1 heterocycles. The Labute approximate surface area is 150 Å². The maximum Gasteiger partial charge on any atom is 0.228 e. The van der Waals surface area contributed by atoms with E-state index in [9.17, 15) is 9.90 Å².